The summed E-state index contributed by atoms with van der Waals surface area (Å²) in [6.07, 6.45) is 1.96. The van der Waals surface area contributed by atoms with E-state index in [-0.39, 0.29) is 17.9 Å². The van der Waals surface area contributed by atoms with E-state index in [0.717, 1.165) is 48.8 Å². The zero-order valence-electron chi connectivity index (χ0n) is 18.6. The van der Waals surface area contributed by atoms with Crippen LogP contribution >= 0.6 is 0 Å². The van der Waals surface area contributed by atoms with Gasteiger partial charge in [-0.3, -0.25) is 9.59 Å². The number of nitrogens with zero attached hydrogens (tertiary/aromatic N) is 3. The molecule has 1 aromatic carbocycles. The average molecular weight is 426 g/mol. The van der Waals surface area contributed by atoms with Crippen molar-refractivity contribution in [1.82, 2.24) is 20.6 Å². The number of hydrogen-bond donors (Lipinski definition) is 2. The van der Waals surface area contributed by atoms with Crippen LogP contribution in [0, 0.1) is 13.8 Å². The van der Waals surface area contributed by atoms with Gasteiger partial charge in [0.1, 0.15) is 11.8 Å². The molecule has 2 aromatic rings. The zero-order chi connectivity index (χ0) is 22.4. The van der Waals surface area contributed by atoms with E-state index in [1.807, 2.05) is 44.2 Å². The Bertz CT molecular complexity index is 905. The number of amides is 2. The molecule has 1 unspecified atom stereocenters. The van der Waals surface area contributed by atoms with E-state index in [1.54, 1.807) is 7.11 Å². The lowest BCUT2D eigenvalue weighted by Gasteiger charge is -2.33. The smallest absolute Gasteiger partial charge is 0.243 e. The van der Waals surface area contributed by atoms with Crippen LogP contribution in [0.15, 0.2) is 30.3 Å². The molecule has 1 atom stereocenters. The van der Waals surface area contributed by atoms with Gasteiger partial charge >= 0.3 is 0 Å². The highest BCUT2D eigenvalue weighted by Crippen LogP contribution is 2.20. The molecule has 8 heteroatoms. The third-order valence-corrected chi connectivity index (χ3v) is 5.41. The van der Waals surface area contributed by atoms with Gasteiger partial charge in [-0.15, -0.1) is 0 Å². The van der Waals surface area contributed by atoms with Gasteiger partial charge < -0.3 is 20.3 Å². The van der Waals surface area contributed by atoms with Crippen LogP contribution in [-0.4, -0.2) is 54.1 Å². The number of carbonyl (C=O) groups is 2. The van der Waals surface area contributed by atoms with E-state index in [9.17, 15) is 9.59 Å². The molecule has 1 aromatic heterocycles. The maximum atomic E-state index is 13.0. The standard InChI is InChI=1S/C23H31N5O3/c1-15-13-16(2)25-23(24-15)28-11-9-19(10-12-28)27-22(30)20(26-17(3)29)14-18-7-5-6-8-21(18)31-4/h5-8,13,19-20H,9-12,14H2,1-4H3,(H,26,29)(H,27,30). The van der Waals surface area contributed by atoms with Crippen molar-refractivity contribution in [2.75, 3.05) is 25.1 Å². The lowest BCUT2D eigenvalue weighted by atomic mass is 10.0. The van der Waals surface area contributed by atoms with Gasteiger partial charge in [-0.05, 0) is 44.4 Å². The first-order chi connectivity index (χ1) is 14.9. The molecule has 2 heterocycles. The second kappa shape index (κ2) is 10.2. The maximum absolute atomic E-state index is 13.0. The second-order valence-electron chi connectivity index (χ2n) is 7.99. The van der Waals surface area contributed by atoms with Crippen LogP contribution in [0.1, 0.15) is 36.7 Å². The molecule has 0 bridgehead atoms. The monoisotopic (exact) mass is 425 g/mol. The van der Waals surface area contributed by atoms with E-state index in [2.05, 4.69) is 25.5 Å². The Balaban J connectivity index is 1.61. The van der Waals surface area contributed by atoms with Crippen molar-refractivity contribution in [2.45, 2.75) is 52.1 Å². The van der Waals surface area contributed by atoms with Crippen LogP contribution in [0.25, 0.3) is 0 Å². The van der Waals surface area contributed by atoms with Gasteiger partial charge in [-0.1, -0.05) is 18.2 Å². The summed E-state index contributed by atoms with van der Waals surface area (Å²) in [6.45, 7) is 6.89. The van der Waals surface area contributed by atoms with Crippen LogP contribution in [0.4, 0.5) is 5.95 Å². The van der Waals surface area contributed by atoms with Crippen LogP contribution in [0.3, 0.4) is 0 Å². The summed E-state index contributed by atoms with van der Waals surface area (Å²) in [4.78, 5) is 35.9. The van der Waals surface area contributed by atoms with Crippen molar-refractivity contribution in [2.24, 2.45) is 0 Å². The summed E-state index contributed by atoms with van der Waals surface area (Å²) in [5, 5.41) is 5.89. The molecule has 2 N–H and O–H groups in total. The topological polar surface area (TPSA) is 96.4 Å². The Morgan fingerprint density at radius 2 is 1.81 bits per heavy atom. The SMILES string of the molecule is COc1ccccc1CC(NC(C)=O)C(=O)NC1CCN(c2nc(C)cc(C)n2)CC1. The van der Waals surface area contributed by atoms with Gasteiger partial charge in [0.15, 0.2) is 0 Å². The van der Waals surface area contributed by atoms with Crippen LogP contribution < -0.4 is 20.3 Å². The lowest BCUT2D eigenvalue weighted by Crippen LogP contribution is -2.52. The van der Waals surface area contributed by atoms with Crippen molar-refractivity contribution < 1.29 is 14.3 Å². The fourth-order valence-electron chi connectivity index (χ4n) is 3.92. The summed E-state index contributed by atoms with van der Waals surface area (Å²) in [7, 11) is 1.60. The number of rotatable bonds is 7. The minimum Gasteiger partial charge on any atom is -0.496 e. The molecule has 1 fully saturated rings. The minimum atomic E-state index is -0.658. The molecule has 0 aliphatic carbocycles. The molecule has 0 radical (unpaired) electrons. The molecule has 1 aliphatic rings. The average Bonchev–Trinajstić information content (AvgIpc) is 2.73. The van der Waals surface area contributed by atoms with Crippen LogP contribution in [-0.2, 0) is 16.0 Å². The fourth-order valence-corrected chi connectivity index (χ4v) is 3.92. The van der Waals surface area contributed by atoms with Gasteiger partial charge in [-0.2, -0.15) is 0 Å². The summed E-state index contributed by atoms with van der Waals surface area (Å²) >= 11 is 0. The van der Waals surface area contributed by atoms with Gasteiger partial charge in [0.25, 0.3) is 0 Å². The maximum Gasteiger partial charge on any atom is 0.243 e. The minimum absolute atomic E-state index is 0.0450. The number of hydrogen-bond acceptors (Lipinski definition) is 6. The number of piperidine rings is 1. The number of methoxy groups -OCH3 is 1. The number of nitrogens with one attached hydrogen (secondary N) is 2. The second-order valence-corrected chi connectivity index (χ2v) is 7.99. The highest BCUT2D eigenvalue weighted by molar-refractivity contribution is 5.87. The molecular formula is C23H31N5O3. The predicted molar refractivity (Wildman–Crippen MR) is 119 cm³/mol. The molecule has 2 amide bonds. The van der Waals surface area contributed by atoms with E-state index in [1.165, 1.54) is 6.92 Å². The third kappa shape index (κ3) is 6.16. The van der Waals surface area contributed by atoms with Gasteiger partial charge in [-0.25, -0.2) is 9.97 Å². The number of ether oxygens (including phenoxy) is 1. The number of aryl methyl sites for hydroxylation is 2. The molecule has 166 valence electrons. The highest BCUT2D eigenvalue weighted by atomic mass is 16.5. The van der Waals surface area contributed by atoms with Gasteiger partial charge in [0.05, 0.1) is 7.11 Å². The third-order valence-electron chi connectivity index (χ3n) is 5.41. The molecule has 31 heavy (non-hydrogen) atoms. The normalized spacial score (nSPS) is 15.3. The van der Waals surface area contributed by atoms with Gasteiger partial charge in [0.2, 0.25) is 17.8 Å². The van der Waals surface area contributed by atoms with E-state index in [0.29, 0.717) is 12.2 Å². The molecule has 1 aliphatic heterocycles. The van der Waals surface area contributed by atoms with E-state index < -0.39 is 6.04 Å². The largest absolute Gasteiger partial charge is 0.496 e. The van der Waals surface area contributed by atoms with Crippen LogP contribution in [0.5, 0.6) is 5.75 Å². The molecule has 0 saturated carbocycles. The fraction of sp³-hybridized carbons (Fsp3) is 0.478. The molecule has 1 saturated heterocycles. The van der Waals surface area contributed by atoms with Crippen molar-refractivity contribution in [3.63, 3.8) is 0 Å². The summed E-state index contributed by atoms with van der Waals surface area (Å²) in [5.41, 5.74) is 2.78. The number of aromatic nitrogens is 2. The number of anilines is 1. The Labute approximate surface area is 183 Å². The molecular weight excluding hydrogens is 394 g/mol. The van der Waals surface area contributed by atoms with E-state index >= 15 is 0 Å². The zero-order valence-corrected chi connectivity index (χ0v) is 18.6. The Hall–Kier alpha value is -3.16. The van der Waals surface area contributed by atoms with E-state index in [4.69, 9.17) is 4.74 Å². The van der Waals surface area contributed by atoms with Crippen molar-refractivity contribution in [3.05, 3.63) is 47.3 Å². The number of benzene rings is 1. The molecule has 8 nitrogen and oxygen atoms in total. The van der Waals surface area contributed by atoms with Gasteiger partial charge in [0, 0.05) is 43.9 Å². The Morgan fingerprint density at radius 3 is 2.42 bits per heavy atom. The highest BCUT2D eigenvalue weighted by Gasteiger charge is 2.27. The lowest BCUT2D eigenvalue weighted by molar-refractivity contribution is -0.128. The Kier molecular flexibility index (Phi) is 7.44. The first-order valence-electron chi connectivity index (χ1n) is 10.6. The first-order valence-corrected chi connectivity index (χ1v) is 10.6. The number of carbonyl (C=O) groups excluding carboxylic acids is 2. The molecule has 0 spiro atoms. The first kappa shape index (κ1) is 22.5. The predicted octanol–water partition coefficient (Wildman–Crippen LogP) is 1.93. The van der Waals surface area contributed by atoms with Crippen LogP contribution in [0.2, 0.25) is 0 Å². The number of para-hydroxylation sites is 1. The Morgan fingerprint density at radius 1 is 1.16 bits per heavy atom. The summed E-state index contributed by atoms with van der Waals surface area (Å²) in [6, 6.07) is 8.87. The van der Waals surface area contributed by atoms with Crippen molar-refractivity contribution in [1.29, 1.82) is 0 Å². The van der Waals surface area contributed by atoms with Crippen molar-refractivity contribution >= 4 is 17.8 Å². The molecule has 3 rings (SSSR count). The summed E-state index contributed by atoms with van der Waals surface area (Å²) < 4.78 is 5.39. The quantitative estimate of drug-likeness (QED) is 0.704. The summed E-state index contributed by atoms with van der Waals surface area (Å²) in [5.74, 6) is 1.03. The van der Waals surface area contributed by atoms with Crippen molar-refractivity contribution in [3.8, 4) is 5.75 Å².